The molecule has 1 unspecified atom stereocenters. The number of hydrogen-bond acceptors (Lipinski definition) is 3. The van der Waals surface area contributed by atoms with E-state index in [1.54, 1.807) is 0 Å². The molecule has 3 rings (SSSR count). The second-order valence-electron chi connectivity index (χ2n) is 7.14. The zero-order valence-corrected chi connectivity index (χ0v) is 13.2. The van der Waals surface area contributed by atoms with Crippen molar-refractivity contribution in [2.75, 3.05) is 5.32 Å². The third kappa shape index (κ3) is 2.91. The summed E-state index contributed by atoms with van der Waals surface area (Å²) in [7, 11) is 0. The first-order chi connectivity index (χ1) is 9.75. The van der Waals surface area contributed by atoms with Crippen LogP contribution in [-0.2, 0) is 16.0 Å². The second kappa shape index (κ2) is 4.73. The Morgan fingerprint density at radius 2 is 2.00 bits per heavy atom. The van der Waals surface area contributed by atoms with Gasteiger partial charge in [-0.3, -0.25) is 4.79 Å². The van der Waals surface area contributed by atoms with Gasteiger partial charge in [0.05, 0.1) is 5.60 Å². The Hall–Kier alpha value is -1.55. The molecule has 4 heteroatoms. The Bertz CT molecular complexity index is 577. The van der Waals surface area contributed by atoms with Crippen molar-refractivity contribution >= 4 is 11.6 Å². The first kappa shape index (κ1) is 14.4. The first-order valence-corrected chi connectivity index (χ1v) is 7.55. The Kier molecular flexibility index (Phi) is 3.24. The highest BCUT2D eigenvalue weighted by Gasteiger charge is 2.47. The van der Waals surface area contributed by atoms with Crippen LogP contribution >= 0.6 is 0 Å². The van der Waals surface area contributed by atoms with Gasteiger partial charge in [-0.05, 0) is 45.7 Å². The summed E-state index contributed by atoms with van der Waals surface area (Å²) >= 11 is 0. The Labute approximate surface area is 125 Å². The van der Waals surface area contributed by atoms with E-state index in [0.717, 1.165) is 24.3 Å². The maximum Gasteiger partial charge on any atom is 0.224 e. The molecule has 0 spiro atoms. The standard InChI is InChI=1S/C17H23NO3/c1-16(2)10-14(17(3,4)21-16)20-12-7-5-11-6-8-15(19)18-13(11)9-12/h5,7,9,14H,6,8,10H2,1-4H3,(H,18,19). The summed E-state index contributed by atoms with van der Waals surface area (Å²) in [4.78, 5) is 11.5. The summed E-state index contributed by atoms with van der Waals surface area (Å²) in [5, 5.41) is 2.91. The van der Waals surface area contributed by atoms with Crippen LogP contribution in [0.2, 0.25) is 0 Å². The molecule has 1 saturated heterocycles. The normalized spacial score (nSPS) is 26.1. The number of rotatable bonds is 2. The number of carbonyl (C=O) groups excluding carboxylic acids is 1. The fraction of sp³-hybridized carbons (Fsp3) is 0.588. The molecule has 0 bridgehead atoms. The molecule has 0 aromatic heterocycles. The summed E-state index contributed by atoms with van der Waals surface area (Å²) in [6, 6.07) is 5.95. The van der Waals surface area contributed by atoms with E-state index in [1.165, 1.54) is 5.56 Å². The van der Waals surface area contributed by atoms with Crippen LogP contribution < -0.4 is 10.1 Å². The number of aryl methyl sites for hydroxylation is 1. The Morgan fingerprint density at radius 1 is 1.24 bits per heavy atom. The minimum absolute atomic E-state index is 0.00448. The molecule has 2 aliphatic heterocycles. The molecule has 1 N–H and O–H groups in total. The molecular formula is C17H23NO3. The number of ether oxygens (including phenoxy) is 2. The topological polar surface area (TPSA) is 47.6 Å². The van der Waals surface area contributed by atoms with Crippen molar-refractivity contribution in [3.05, 3.63) is 23.8 Å². The molecule has 4 nitrogen and oxygen atoms in total. The van der Waals surface area contributed by atoms with Crippen LogP contribution in [0.25, 0.3) is 0 Å². The summed E-state index contributed by atoms with van der Waals surface area (Å²) in [6.45, 7) is 8.30. The minimum atomic E-state index is -0.317. The van der Waals surface area contributed by atoms with Gasteiger partial charge in [0, 0.05) is 24.6 Å². The number of nitrogens with one attached hydrogen (secondary N) is 1. The van der Waals surface area contributed by atoms with E-state index >= 15 is 0 Å². The number of anilines is 1. The number of hydrogen-bond donors (Lipinski definition) is 1. The third-order valence-corrected chi connectivity index (χ3v) is 4.25. The Balaban J connectivity index is 1.80. The summed E-state index contributed by atoms with van der Waals surface area (Å²) in [6.07, 6.45) is 2.21. The molecule has 2 heterocycles. The number of amides is 1. The highest BCUT2D eigenvalue weighted by atomic mass is 16.6. The molecule has 0 radical (unpaired) electrons. The van der Waals surface area contributed by atoms with Crippen molar-refractivity contribution < 1.29 is 14.3 Å². The molecule has 1 fully saturated rings. The van der Waals surface area contributed by atoms with Gasteiger partial charge < -0.3 is 14.8 Å². The van der Waals surface area contributed by atoms with Crippen molar-refractivity contribution in [3.63, 3.8) is 0 Å². The summed E-state index contributed by atoms with van der Waals surface area (Å²) in [5.41, 5.74) is 1.56. The van der Waals surface area contributed by atoms with Gasteiger partial charge in [-0.1, -0.05) is 6.07 Å². The molecule has 2 aliphatic rings. The third-order valence-electron chi connectivity index (χ3n) is 4.25. The molecule has 114 valence electrons. The van der Waals surface area contributed by atoms with Crippen LogP contribution in [0.3, 0.4) is 0 Å². The SMILES string of the molecule is CC1(C)CC(Oc2ccc3c(c2)NC(=O)CC3)C(C)(C)O1. The predicted molar refractivity (Wildman–Crippen MR) is 81.7 cm³/mol. The Morgan fingerprint density at radius 3 is 2.67 bits per heavy atom. The number of carbonyl (C=O) groups is 1. The van der Waals surface area contributed by atoms with Gasteiger partial charge in [-0.2, -0.15) is 0 Å². The highest BCUT2D eigenvalue weighted by Crippen LogP contribution is 2.40. The van der Waals surface area contributed by atoms with Gasteiger partial charge in [0.25, 0.3) is 0 Å². The van der Waals surface area contributed by atoms with E-state index in [0.29, 0.717) is 6.42 Å². The van der Waals surface area contributed by atoms with E-state index in [1.807, 2.05) is 18.2 Å². The minimum Gasteiger partial charge on any atom is -0.487 e. The molecule has 1 amide bonds. The van der Waals surface area contributed by atoms with Gasteiger partial charge in [-0.15, -0.1) is 0 Å². The lowest BCUT2D eigenvalue weighted by atomic mass is 9.97. The maximum absolute atomic E-state index is 11.5. The fourth-order valence-electron chi connectivity index (χ4n) is 3.28. The molecule has 21 heavy (non-hydrogen) atoms. The fourth-order valence-corrected chi connectivity index (χ4v) is 3.28. The number of benzene rings is 1. The average molecular weight is 289 g/mol. The lowest BCUT2D eigenvalue weighted by Crippen LogP contribution is -2.36. The van der Waals surface area contributed by atoms with Gasteiger partial charge in [-0.25, -0.2) is 0 Å². The molecular weight excluding hydrogens is 266 g/mol. The van der Waals surface area contributed by atoms with E-state index in [9.17, 15) is 4.79 Å². The van der Waals surface area contributed by atoms with Crippen LogP contribution in [0.5, 0.6) is 5.75 Å². The van der Waals surface area contributed by atoms with E-state index in [4.69, 9.17) is 9.47 Å². The van der Waals surface area contributed by atoms with E-state index in [2.05, 4.69) is 33.0 Å². The zero-order chi connectivity index (χ0) is 15.3. The lowest BCUT2D eigenvalue weighted by molar-refractivity contribution is -0.116. The largest absolute Gasteiger partial charge is 0.487 e. The van der Waals surface area contributed by atoms with E-state index < -0.39 is 0 Å². The van der Waals surface area contributed by atoms with Crippen molar-refractivity contribution in [3.8, 4) is 5.75 Å². The van der Waals surface area contributed by atoms with Crippen LogP contribution in [0.1, 0.15) is 46.1 Å². The first-order valence-electron chi connectivity index (χ1n) is 7.55. The monoisotopic (exact) mass is 289 g/mol. The van der Waals surface area contributed by atoms with Crippen molar-refractivity contribution in [2.45, 2.75) is 64.3 Å². The predicted octanol–water partition coefficient (Wildman–Crippen LogP) is 3.30. The quantitative estimate of drug-likeness (QED) is 0.908. The highest BCUT2D eigenvalue weighted by molar-refractivity contribution is 5.94. The molecule has 0 aliphatic carbocycles. The smallest absolute Gasteiger partial charge is 0.224 e. The van der Waals surface area contributed by atoms with Crippen LogP contribution in [0.15, 0.2) is 18.2 Å². The van der Waals surface area contributed by atoms with Gasteiger partial charge in [0.1, 0.15) is 17.5 Å². The van der Waals surface area contributed by atoms with Crippen molar-refractivity contribution in [1.82, 2.24) is 0 Å². The summed E-state index contributed by atoms with van der Waals surface area (Å²) < 4.78 is 12.2. The second-order valence-corrected chi connectivity index (χ2v) is 7.14. The van der Waals surface area contributed by atoms with Gasteiger partial charge >= 0.3 is 0 Å². The van der Waals surface area contributed by atoms with Crippen molar-refractivity contribution in [2.24, 2.45) is 0 Å². The average Bonchev–Trinajstić information content (AvgIpc) is 2.56. The van der Waals surface area contributed by atoms with Crippen LogP contribution in [0.4, 0.5) is 5.69 Å². The van der Waals surface area contributed by atoms with Crippen molar-refractivity contribution in [1.29, 1.82) is 0 Å². The molecule has 1 aromatic carbocycles. The number of fused-ring (bicyclic) bond motifs is 1. The van der Waals surface area contributed by atoms with E-state index in [-0.39, 0.29) is 23.2 Å². The molecule has 0 saturated carbocycles. The molecule has 1 atom stereocenters. The zero-order valence-electron chi connectivity index (χ0n) is 13.2. The van der Waals surface area contributed by atoms with Crippen LogP contribution in [0, 0.1) is 0 Å². The summed E-state index contributed by atoms with van der Waals surface area (Å²) in [5.74, 6) is 0.862. The van der Waals surface area contributed by atoms with Crippen LogP contribution in [-0.4, -0.2) is 23.2 Å². The van der Waals surface area contributed by atoms with Gasteiger partial charge in [0.2, 0.25) is 5.91 Å². The lowest BCUT2D eigenvalue weighted by Gasteiger charge is -2.28. The molecule has 1 aromatic rings. The van der Waals surface area contributed by atoms with Gasteiger partial charge in [0.15, 0.2) is 0 Å². The maximum atomic E-state index is 11.5.